The van der Waals surface area contributed by atoms with E-state index in [-0.39, 0.29) is 23.7 Å². The predicted molar refractivity (Wildman–Crippen MR) is 129 cm³/mol. The number of aryl methyl sites for hydroxylation is 2. The number of halogens is 1. The second kappa shape index (κ2) is 9.54. The summed E-state index contributed by atoms with van der Waals surface area (Å²) < 4.78 is 29.8. The van der Waals surface area contributed by atoms with E-state index in [4.69, 9.17) is 11.6 Å². The number of benzene rings is 2. The van der Waals surface area contributed by atoms with Crippen LogP contribution in [0.15, 0.2) is 59.8 Å². The summed E-state index contributed by atoms with van der Waals surface area (Å²) in [7, 11) is -3.96. The molecule has 174 valence electrons. The van der Waals surface area contributed by atoms with Gasteiger partial charge >= 0.3 is 0 Å². The lowest BCUT2D eigenvalue weighted by molar-refractivity contribution is 0.102. The molecule has 10 heteroatoms. The van der Waals surface area contributed by atoms with Crippen LogP contribution in [-0.2, 0) is 16.6 Å². The number of carbonyl (C=O) groups is 1. The Bertz CT molecular complexity index is 1250. The van der Waals surface area contributed by atoms with Crippen LogP contribution in [-0.4, -0.2) is 54.6 Å². The second-order valence-corrected chi connectivity index (χ2v) is 10.1. The highest BCUT2D eigenvalue weighted by molar-refractivity contribution is 7.89. The van der Waals surface area contributed by atoms with Crippen molar-refractivity contribution in [3.63, 3.8) is 0 Å². The third-order valence-corrected chi connectivity index (χ3v) is 7.73. The second-order valence-electron chi connectivity index (χ2n) is 7.85. The van der Waals surface area contributed by atoms with Crippen LogP contribution >= 0.6 is 11.6 Å². The highest BCUT2D eigenvalue weighted by Gasteiger charge is 2.35. The molecule has 1 fully saturated rings. The van der Waals surface area contributed by atoms with Crippen molar-refractivity contribution in [1.82, 2.24) is 14.1 Å². The minimum Gasteiger partial charge on any atom is -0.369 e. The average Bonchev–Trinajstić information content (AvgIpc) is 3.27. The molecule has 3 aromatic rings. The van der Waals surface area contributed by atoms with Crippen LogP contribution in [0.2, 0.25) is 5.02 Å². The Kier molecular flexibility index (Phi) is 6.73. The number of aromatic nitrogens is 2. The molecule has 33 heavy (non-hydrogen) atoms. The Balaban J connectivity index is 1.56. The lowest BCUT2D eigenvalue weighted by Crippen LogP contribution is -2.49. The molecule has 2 aromatic carbocycles. The van der Waals surface area contributed by atoms with Gasteiger partial charge in [0.2, 0.25) is 5.03 Å². The number of carbonyl (C=O) groups excluding carboxylic acids is 1. The van der Waals surface area contributed by atoms with Crippen molar-refractivity contribution >= 4 is 38.9 Å². The monoisotopic (exact) mass is 487 g/mol. The van der Waals surface area contributed by atoms with E-state index in [9.17, 15) is 13.2 Å². The average molecular weight is 488 g/mol. The summed E-state index contributed by atoms with van der Waals surface area (Å²) in [5.74, 6) is -0.507. The number of hydrogen-bond donors (Lipinski definition) is 1. The lowest BCUT2D eigenvalue weighted by atomic mass is 10.1. The van der Waals surface area contributed by atoms with Crippen molar-refractivity contribution in [3.05, 3.63) is 70.9 Å². The van der Waals surface area contributed by atoms with Crippen molar-refractivity contribution in [2.75, 3.05) is 36.4 Å². The smallest absolute Gasteiger partial charge is 0.263 e. The standard InChI is InChI=1S/C23H26ClN5O3S/c1-3-28-16-20(22(30)25-19-7-5-4-6-8-19)23(26-28)33(31,32)29-13-11-27(12-14-29)21-15-18(24)10-9-17(21)2/h4-10,15-16H,3,11-14H2,1-2H3,(H,25,30). The highest BCUT2D eigenvalue weighted by atomic mass is 35.5. The molecule has 0 aliphatic carbocycles. The fraction of sp³-hybridized carbons (Fsp3) is 0.304. The molecule has 1 amide bonds. The van der Waals surface area contributed by atoms with E-state index in [2.05, 4.69) is 15.3 Å². The molecular formula is C23H26ClN5O3S. The van der Waals surface area contributed by atoms with Gasteiger partial charge in [0.05, 0.1) is 5.56 Å². The first-order valence-electron chi connectivity index (χ1n) is 10.7. The summed E-state index contributed by atoms with van der Waals surface area (Å²) in [6.45, 7) is 5.89. The van der Waals surface area contributed by atoms with Gasteiger partial charge in [-0.1, -0.05) is 35.9 Å². The number of piperazine rings is 1. The molecule has 1 aliphatic heterocycles. The maximum Gasteiger partial charge on any atom is 0.263 e. The van der Waals surface area contributed by atoms with Gasteiger partial charge in [0, 0.05) is 55.3 Å². The molecule has 2 heterocycles. The molecule has 0 bridgehead atoms. The summed E-state index contributed by atoms with van der Waals surface area (Å²) in [5, 5.41) is 7.42. The highest BCUT2D eigenvalue weighted by Crippen LogP contribution is 2.27. The van der Waals surface area contributed by atoms with Crippen LogP contribution in [0.25, 0.3) is 0 Å². The molecular weight excluding hydrogens is 462 g/mol. The fourth-order valence-electron chi connectivity index (χ4n) is 3.85. The molecule has 8 nitrogen and oxygen atoms in total. The van der Waals surface area contributed by atoms with Gasteiger partial charge in [0.25, 0.3) is 15.9 Å². The number of sulfonamides is 1. The van der Waals surface area contributed by atoms with Crippen LogP contribution in [0.5, 0.6) is 0 Å². The van der Waals surface area contributed by atoms with Gasteiger partial charge in [-0.05, 0) is 43.7 Å². The SMILES string of the molecule is CCn1cc(C(=O)Nc2ccccc2)c(S(=O)(=O)N2CCN(c3cc(Cl)ccc3C)CC2)n1. The molecule has 1 N–H and O–H groups in total. The topological polar surface area (TPSA) is 87.5 Å². The van der Waals surface area contributed by atoms with Crippen LogP contribution in [0, 0.1) is 6.92 Å². The van der Waals surface area contributed by atoms with E-state index in [0.717, 1.165) is 11.3 Å². The molecule has 0 radical (unpaired) electrons. The van der Waals surface area contributed by atoms with Crippen molar-refractivity contribution in [3.8, 4) is 0 Å². The zero-order chi connectivity index (χ0) is 23.6. The van der Waals surface area contributed by atoms with Crippen LogP contribution in [0.4, 0.5) is 11.4 Å². The number of amides is 1. The van der Waals surface area contributed by atoms with Gasteiger partial charge in [-0.3, -0.25) is 9.48 Å². The quantitative estimate of drug-likeness (QED) is 0.573. The number of rotatable bonds is 6. The number of anilines is 2. The molecule has 0 spiro atoms. The largest absolute Gasteiger partial charge is 0.369 e. The van der Waals surface area contributed by atoms with Crippen molar-refractivity contribution in [2.24, 2.45) is 0 Å². The van der Waals surface area contributed by atoms with E-state index in [0.29, 0.717) is 30.3 Å². The first kappa shape index (κ1) is 23.3. The summed E-state index contributed by atoms with van der Waals surface area (Å²) >= 11 is 6.16. The molecule has 1 aliphatic rings. The molecule has 0 unspecified atom stereocenters. The fourth-order valence-corrected chi connectivity index (χ4v) is 5.53. The zero-order valence-electron chi connectivity index (χ0n) is 18.5. The summed E-state index contributed by atoms with van der Waals surface area (Å²) in [6, 6.07) is 14.6. The van der Waals surface area contributed by atoms with Crippen molar-refractivity contribution in [1.29, 1.82) is 0 Å². The van der Waals surface area contributed by atoms with Gasteiger partial charge < -0.3 is 10.2 Å². The predicted octanol–water partition coefficient (Wildman–Crippen LogP) is 3.63. The van der Waals surface area contributed by atoms with Crippen LogP contribution < -0.4 is 10.2 Å². The van der Waals surface area contributed by atoms with E-state index >= 15 is 0 Å². The normalized spacial score (nSPS) is 14.9. The Morgan fingerprint density at radius 2 is 1.79 bits per heavy atom. The maximum absolute atomic E-state index is 13.5. The third kappa shape index (κ3) is 4.90. The lowest BCUT2D eigenvalue weighted by Gasteiger charge is -2.35. The summed E-state index contributed by atoms with van der Waals surface area (Å²) in [5.41, 5.74) is 2.70. The van der Waals surface area contributed by atoms with Gasteiger partial charge in [-0.15, -0.1) is 0 Å². The number of nitrogens with zero attached hydrogens (tertiary/aromatic N) is 4. The van der Waals surface area contributed by atoms with E-state index in [1.807, 2.05) is 38.1 Å². The van der Waals surface area contributed by atoms with Gasteiger partial charge in [0.1, 0.15) is 0 Å². The molecule has 1 aromatic heterocycles. The maximum atomic E-state index is 13.5. The Morgan fingerprint density at radius 3 is 2.45 bits per heavy atom. The zero-order valence-corrected chi connectivity index (χ0v) is 20.1. The summed E-state index contributed by atoms with van der Waals surface area (Å²) in [4.78, 5) is 15.1. The van der Waals surface area contributed by atoms with E-state index in [1.54, 1.807) is 24.3 Å². The molecule has 0 atom stereocenters. The Morgan fingerprint density at radius 1 is 1.09 bits per heavy atom. The first-order chi connectivity index (χ1) is 15.8. The molecule has 1 saturated heterocycles. The minimum atomic E-state index is -3.96. The minimum absolute atomic E-state index is 0.0359. The number of hydrogen-bond acceptors (Lipinski definition) is 5. The third-order valence-electron chi connectivity index (χ3n) is 5.66. The number of nitrogens with one attached hydrogen (secondary N) is 1. The van der Waals surface area contributed by atoms with Crippen molar-refractivity contribution in [2.45, 2.75) is 25.4 Å². The van der Waals surface area contributed by atoms with Gasteiger partial charge in [-0.25, -0.2) is 8.42 Å². The van der Waals surface area contributed by atoms with Gasteiger partial charge in [-0.2, -0.15) is 9.40 Å². The Labute approximate surface area is 198 Å². The Hall–Kier alpha value is -2.88. The molecule has 0 saturated carbocycles. The summed E-state index contributed by atoms with van der Waals surface area (Å²) in [6.07, 6.45) is 1.48. The van der Waals surface area contributed by atoms with Crippen molar-refractivity contribution < 1.29 is 13.2 Å². The number of para-hydroxylation sites is 1. The van der Waals surface area contributed by atoms with Crippen LogP contribution in [0.3, 0.4) is 0 Å². The first-order valence-corrected chi connectivity index (χ1v) is 12.6. The van der Waals surface area contributed by atoms with Gasteiger partial charge in [0.15, 0.2) is 0 Å². The molecule has 4 rings (SSSR count). The van der Waals surface area contributed by atoms with Crippen LogP contribution in [0.1, 0.15) is 22.8 Å². The van der Waals surface area contributed by atoms with E-state index in [1.165, 1.54) is 15.2 Å². The van der Waals surface area contributed by atoms with E-state index < -0.39 is 15.9 Å².